The van der Waals surface area contributed by atoms with Crippen LogP contribution in [0.2, 0.25) is 5.02 Å². The zero-order valence-electron chi connectivity index (χ0n) is 18.0. The van der Waals surface area contributed by atoms with Crippen molar-refractivity contribution in [3.63, 3.8) is 0 Å². The Kier molecular flexibility index (Phi) is 6.85. The zero-order valence-corrected chi connectivity index (χ0v) is 18.8. The first-order chi connectivity index (χ1) is 15.6. The SMILES string of the molecule is CCOC=Cc1cncc(Cl)c1Nc1cc(=O)oc2c(OC3CCCC3)c(OC)ccc12. The Labute approximate surface area is 191 Å². The van der Waals surface area contributed by atoms with E-state index in [1.807, 2.05) is 19.1 Å². The Hall–Kier alpha value is -3.19. The van der Waals surface area contributed by atoms with E-state index in [1.165, 1.54) is 12.3 Å². The molecule has 3 aromatic rings. The molecule has 0 atom stereocenters. The molecule has 1 N–H and O–H groups in total. The topological polar surface area (TPSA) is 82.8 Å². The molecule has 2 heterocycles. The van der Waals surface area contributed by atoms with Gasteiger partial charge in [-0.3, -0.25) is 4.98 Å². The third-order valence-electron chi connectivity index (χ3n) is 5.34. The molecule has 7 nitrogen and oxygen atoms in total. The normalized spacial score (nSPS) is 14.2. The van der Waals surface area contributed by atoms with Crippen LogP contribution in [0.25, 0.3) is 17.0 Å². The van der Waals surface area contributed by atoms with Crippen molar-refractivity contribution in [3.05, 3.63) is 57.9 Å². The lowest BCUT2D eigenvalue weighted by atomic mass is 10.1. The van der Waals surface area contributed by atoms with Crippen molar-refractivity contribution in [1.82, 2.24) is 4.98 Å². The number of benzene rings is 1. The van der Waals surface area contributed by atoms with Crippen LogP contribution in [0.15, 0.2) is 46.1 Å². The fraction of sp³-hybridized carbons (Fsp3) is 0.333. The monoisotopic (exact) mass is 456 g/mol. The van der Waals surface area contributed by atoms with Crippen molar-refractivity contribution in [1.29, 1.82) is 0 Å². The molecule has 0 saturated heterocycles. The van der Waals surface area contributed by atoms with Gasteiger partial charge in [0.15, 0.2) is 11.3 Å². The second kappa shape index (κ2) is 9.96. The summed E-state index contributed by atoms with van der Waals surface area (Å²) in [5.74, 6) is 0.960. The Bertz CT molecular complexity index is 1180. The van der Waals surface area contributed by atoms with E-state index in [0.717, 1.165) is 25.7 Å². The van der Waals surface area contributed by atoms with Crippen LogP contribution in [-0.2, 0) is 4.74 Å². The fourth-order valence-electron chi connectivity index (χ4n) is 3.79. The number of methoxy groups -OCH3 is 1. The Balaban J connectivity index is 1.80. The molecule has 1 saturated carbocycles. The van der Waals surface area contributed by atoms with Crippen LogP contribution in [0.3, 0.4) is 0 Å². The standard InChI is InChI=1S/C24H25ClN2O5/c1-3-30-11-10-15-13-26-14-18(25)22(15)27-19-12-21(28)32-23-17(19)8-9-20(29-2)24(23)31-16-6-4-5-7-16/h8-14,16H,3-7H2,1-2H3,(H,26,27). The summed E-state index contributed by atoms with van der Waals surface area (Å²) in [6.07, 6.45) is 10.8. The molecule has 8 heteroatoms. The second-order valence-corrected chi connectivity index (χ2v) is 7.85. The van der Waals surface area contributed by atoms with Crippen LogP contribution >= 0.6 is 11.6 Å². The van der Waals surface area contributed by atoms with E-state index in [-0.39, 0.29) is 6.10 Å². The number of anilines is 2. The van der Waals surface area contributed by atoms with E-state index in [0.29, 0.717) is 51.0 Å². The molecule has 1 aromatic carbocycles. The summed E-state index contributed by atoms with van der Waals surface area (Å²) in [4.78, 5) is 16.6. The lowest BCUT2D eigenvalue weighted by molar-refractivity contribution is 0.200. The van der Waals surface area contributed by atoms with E-state index in [2.05, 4.69) is 10.3 Å². The Morgan fingerprint density at radius 1 is 1.28 bits per heavy atom. The summed E-state index contributed by atoms with van der Waals surface area (Å²) in [5.41, 5.74) is 1.67. The number of rotatable bonds is 8. The lowest BCUT2D eigenvalue weighted by Crippen LogP contribution is -2.12. The predicted octanol–water partition coefficient (Wildman–Crippen LogP) is 5.92. The van der Waals surface area contributed by atoms with E-state index < -0.39 is 5.63 Å². The van der Waals surface area contributed by atoms with Crippen LogP contribution in [-0.4, -0.2) is 24.8 Å². The average Bonchev–Trinajstić information content (AvgIpc) is 3.29. The Morgan fingerprint density at radius 2 is 2.09 bits per heavy atom. The Morgan fingerprint density at radius 3 is 2.84 bits per heavy atom. The van der Waals surface area contributed by atoms with Crippen LogP contribution < -0.4 is 20.4 Å². The first kappa shape index (κ1) is 22.0. The molecule has 1 aliphatic carbocycles. The highest BCUT2D eigenvalue weighted by molar-refractivity contribution is 6.33. The van der Waals surface area contributed by atoms with Crippen molar-refractivity contribution >= 4 is 40.0 Å². The highest BCUT2D eigenvalue weighted by atomic mass is 35.5. The summed E-state index contributed by atoms with van der Waals surface area (Å²) < 4.78 is 22.6. The van der Waals surface area contributed by atoms with Crippen LogP contribution in [0.1, 0.15) is 38.2 Å². The van der Waals surface area contributed by atoms with E-state index in [4.69, 9.17) is 30.2 Å². The fourth-order valence-corrected chi connectivity index (χ4v) is 4.01. The van der Waals surface area contributed by atoms with Gasteiger partial charge in [0, 0.05) is 29.4 Å². The van der Waals surface area contributed by atoms with Crippen molar-refractivity contribution in [2.45, 2.75) is 38.7 Å². The summed E-state index contributed by atoms with van der Waals surface area (Å²) in [7, 11) is 1.57. The number of nitrogens with zero attached hydrogens (tertiary/aromatic N) is 1. The van der Waals surface area contributed by atoms with E-state index in [9.17, 15) is 4.79 Å². The zero-order chi connectivity index (χ0) is 22.5. The molecule has 0 unspecified atom stereocenters. The molecule has 168 valence electrons. The van der Waals surface area contributed by atoms with Crippen molar-refractivity contribution in [2.75, 3.05) is 19.0 Å². The molecule has 0 bridgehead atoms. The summed E-state index contributed by atoms with van der Waals surface area (Å²) in [6, 6.07) is 5.02. The molecule has 4 rings (SSSR count). The predicted molar refractivity (Wildman–Crippen MR) is 125 cm³/mol. The summed E-state index contributed by atoms with van der Waals surface area (Å²) >= 11 is 6.43. The van der Waals surface area contributed by atoms with Gasteiger partial charge in [-0.2, -0.15) is 0 Å². The third kappa shape index (κ3) is 4.67. The van der Waals surface area contributed by atoms with E-state index in [1.54, 1.807) is 25.6 Å². The number of ether oxygens (including phenoxy) is 3. The number of pyridine rings is 1. The number of aromatic nitrogens is 1. The molecule has 32 heavy (non-hydrogen) atoms. The summed E-state index contributed by atoms with van der Waals surface area (Å²) in [5, 5.41) is 4.35. The molecule has 0 amide bonds. The molecule has 1 fully saturated rings. The van der Waals surface area contributed by atoms with Gasteiger partial charge in [-0.05, 0) is 50.8 Å². The molecule has 0 spiro atoms. The maximum atomic E-state index is 12.5. The molecular formula is C24H25ClN2O5. The van der Waals surface area contributed by atoms with Crippen molar-refractivity contribution in [3.8, 4) is 11.5 Å². The first-order valence-corrected chi connectivity index (χ1v) is 11.0. The van der Waals surface area contributed by atoms with Gasteiger partial charge in [-0.15, -0.1) is 0 Å². The van der Waals surface area contributed by atoms with E-state index >= 15 is 0 Å². The maximum absolute atomic E-state index is 12.5. The highest BCUT2D eigenvalue weighted by Crippen LogP contribution is 2.41. The quantitative estimate of drug-likeness (QED) is 0.332. The number of hydrogen-bond donors (Lipinski definition) is 1. The first-order valence-electron chi connectivity index (χ1n) is 10.6. The molecule has 1 aliphatic rings. The average molecular weight is 457 g/mol. The smallest absolute Gasteiger partial charge is 0.338 e. The van der Waals surface area contributed by atoms with Gasteiger partial charge in [0.05, 0.1) is 42.5 Å². The van der Waals surface area contributed by atoms with Gasteiger partial charge < -0.3 is 23.9 Å². The highest BCUT2D eigenvalue weighted by Gasteiger charge is 2.23. The number of fused-ring (bicyclic) bond motifs is 1. The molecule has 0 radical (unpaired) electrons. The van der Waals surface area contributed by atoms with Crippen LogP contribution in [0.4, 0.5) is 11.4 Å². The summed E-state index contributed by atoms with van der Waals surface area (Å²) in [6.45, 7) is 2.44. The van der Waals surface area contributed by atoms with Crippen molar-refractivity contribution in [2.24, 2.45) is 0 Å². The second-order valence-electron chi connectivity index (χ2n) is 7.45. The maximum Gasteiger partial charge on any atom is 0.338 e. The van der Waals surface area contributed by atoms with Gasteiger partial charge in [0.2, 0.25) is 5.75 Å². The van der Waals surface area contributed by atoms with Gasteiger partial charge in [0.25, 0.3) is 0 Å². The minimum atomic E-state index is -0.513. The van der Waals surface area contributed by atoms with Gasteiger partial charge in [-0.1, -0.05) is 11.6 Å². The van der Waals surface area contributed by atoms with Gasteiger partial charge in [-0.25, -0.2) is 4.79 Å². The van der Waals surface area contributed by atoms with Crippen LogP contribution in [0, 0.1) is 0 Å². The third-order valence-corrected chi connectivity index (χ3v) is 5.62. The van der Waals surface area contributed by atoms with Gasteiger partial charge in [0.1, 0.15) is 0 Å². The minimum absolute atomic E-state index is 0.0707. The number of hydrogen-bond acceptors (Lipinski definition) is 7. The number of halogens is 1. The number of nitrogens with one attached hydrogen (secondary N) is 1. The molecule has 2 aromatic heterocycles. The van der Waals surface area contributed by atoms with Crippen LogP contribution in [0.5, 0.6) is 11.5 Å². The lowest BCUT2D eigenvalue weighted by Gasteiger charge is -2.18. The minimum Gasteiger partial charge on any atom is -0.501 e. The van der Waals surface area contributed by atoms with Crippen molar-refractivity contribution < 1.29 is 18.6 Å². The molecule has 0 aliphatic heterocycles. The molecular weight excluding hydrogens is 432 g/mol. The largest absolute Gasteiger partial charge is 0.501 e. The van der Waals surface area contributed by atoms with Gasteiger partial charge >= 0.3 is 5.63 Å².